The molecule has 1 fully saturated rings. The van der Waals surface area contributed by atoms with Crippen molar-refractivity contribution in [1.82, 2.24) is 20.4 Å². The summed E-state index contributed by atoms with van der Waals surface area (Å²) in [5, 5.41) is 9.85. The molecule has 2 amide bonds. The van der Waals surface area contributed by atoms with Gasteiger partial charge in [-0.2, -0.15) is 5.10 Å². The maximum atomic E-state index is 11.9. The monoisotopic (exact) mass is 266 g/mol. The summed E-state index contributed by atoms with van der Waals surface area (Å²) in [6, 6.07) is 0.0130. The first-order valence-corrected chi connectivity index (χ1v) is 6.80. The Morgan fingerprint density at radius 1 is 1.68 bits per heavy atom. The average molecular weight is 266 g/mol. The molecule has 1 aliphatic heterocycles. The zero-order valence-electron chi connectivity index (χ0n) is 11.6. The van der Waals surface area contributed by atoms with E-state index in [-0.39, 0.29) is 12.1 Å². The van der Waals surface area contributed by atoms with E-state index in [0.29, 0.717) is 26.2 Å². The van der Waals surface area contributed by atoms with Crippen molar-refractivity contribution in [1.29, 1.82) is 0 Å². The van der Waals surface area contributed by atoms with Crippen molar-refractivity contribution in [2.24, 2.45) is 0 Å². The molecule has 0 aromatic carbocycles. The van der Waals surface area contributed by atoms with Crippen LogP contribution >= 0.6 is 0 Å². The molecule has 1 aliphatic rings. The predicted molar refractivity (Wildman–Crippen MR) is 72.0 cm³/mol. The second-order valence-corrected chi connectivity index (χ2v) is 4.98. The minimum absolute atomic E-state index is 0.0130. The molecular formula is C13H22N4O2. The molecule has 1 atom stereocenters. The van der Waals surface area contributed by atoms with E-state index in [9.17, 15) is 4.79 Å². The molecule has 1 aromatic heterocycles. The summed E-state index contributed by atoms with van der Waals surface area (Å²) in [5.41, 5.74) is 2.32. The SMILES string of the molecule is Cc1[nH]ncc1CCCNC(=O)N1CCOC(C)C1. The molecule has 2 heterocycles. The Kier molecular flexibility index (Phi) is 4.79. The van der Waals surface area contributed by atoms with Gasteiger partial charge in [0.25, 0.3) is 0 Å². The number of carbonyl (C=O) groups excluding carboxylic acids is 1. The second kappa shape index (κ2) is 6.56. The molecule has 0 bridgehead atoms. The van der Waals surface area contributed by atoms with Gasteiger partial charge in [0.05, 0.1) is 18.9 Å². The number of carbonyl (C=O) groups is 1. The van der Waals surface area contributed by atoms with Crippen LogP contribution in [0, 0.1) is 6.92 Å². The minimum Gasteiger partial charge on any atom is -0.375 e. The van der Waals surface area contributed by atoms with Gasteiger partial charge in [-0.3, -0.25) is 5.10 Å². The van der Waals surface area contributed by atoms with Gasteiger partial charge in [0.1, 0.15) is 0 Å². The Morgan fingerprint density at radius 3 is 3.21 bits per heavy atom. The maximum absolute atomic E-state index is 11.9. The molecule has 6 heteroatoms. The highest BCUT2D eigenvalue weighted by Crippen LogP contribution is 2.06. The molecule has 1 aromatic rings. The molecule has 2 N–H and O–H groups in total. The van der Waals surface area contributed by atoms with Gasteiger partial charge < -0.3 is 15.0 Å². The van der Waals surface area contributed by atoms with Gasteiger partial charge >= 0.3 is 6.03 Å². The smallest absolute Gasteiger partial charge is 0.317 e. The molecule has 1 unspecified atom stereocenters. The van der Waals surface area contributed by atoms with Crippen LogP contribution in [0.3, 0.4) is 0 Å². The summed E-state index contributed by atoms with van der Waals surface area (Å²) in [7, 11) is 0. The molecule has 6 nitrogen and oxygen atoms in total. The van der Waals surface area contributed by atoms with E-state index in [1.54, 1.807) is 0 Å². The number of aromatic amines is 1. The van der Waals surface area contributed by atoms with Gasteiger partial charge in [0.15, 0.2) is 0 Å². The van der Waals surface area contributed by atoms with Crippen molar-refractivity contribution in [3.8, 4) is 0 Å². The number of ether oxygens (including phenoxy) is 1. The van der Waals surface area contributed by atoms with Crippen LogP contribution in [0.25, 0.3) is 0 Å². The molecule has 0 aliphatic carbocycles. The predicted octanol–water partition coefficient (Wildman–Crippen LogP) is 1.08. The number of nitrogens with zero attached hydrogens (tertiary/aromatic N) is 2. The highest BCUT2D eigenvalue weighted by molar-refractivity contribution is 5.74. The van der Waals surface area contributed by atoms with Crippen LogP contribution in [0.15, 0.2) is 6.20 Å². The molecule has 106 valence electrons. The van der Waals surface area contributed by atoms with E-state index in [1.165, 1.54) is 5.56 Å². The Morgan fingerprint density at radius 2 is 2.53 bits per heavy atom. The first-order valence-electron chi connectivity index (χ1n) is 6.80. The normalized spacial score (nSPS) is 19.5. The third kappa shape index (κ3) is 3.96. The highest BCUT2D eigenvalue weighted by Gasteiger charge is 2.20. The van der Waals surface area contributed by atoms with Crippen LogP contribution in [-0.4, -0.2) is 53.5 Å². The van der Waals surface area contributed by atoms with Crippen molar-refractivity contribution in [2.75, 3.05) is 26.2 Å². The van der Waals surface area contributed by atoms with Gasteiger partial charge in [-0.1, -0.05) is 0 Å². The standard InChI is InChI=1S/C13H22N4O2/c1-10-9-17(6-7-19-10)13(18)14-5-3-4-12-8-15-16-11(12)2/h8,10H,3-7,9H2,1-2H3,(H,14,18)(H,15,16). The number of nitrogens with one attached hydrogen (secondary N) is 2. The fraction of sp³-hybridized carbons (Fsp3) is 0.692. The molecular weight excluding hydrogens is 244 g/mol. The van der Waals surface area contributed by atoms with E-state index in [2.05, 4.69) is 15.5 Å². The van der Waals surface area contributed by atoms with Gasteiger partial charge in [-0.05, 0) is 32.3 Å². The Hall–Kier alpha value is -1.56. The quantitative estimate of drug-likeness (QED) is 0.801. The van der Waals surface area contributed by atoms with Crippen LogP contribution in [0.1, 0.15) is 24.6 Å². The van der Waals surface area contributed by atoms with Gasteiger partial charge in [0, 0.05) is 25.3 Å². The number of hydrogen-bond acceptors (Lipinski definition) is 3. The first-order chi connectivity index (χ1) is 9.16. The molecule has 0 spiro atoms. The number of rotatable bonds is 4. The van der Waals surface area contributed by atoms with Crippen LogP contribution in [0.2, 0.25) is 0 Å². The summed E-state index contributed by atoms with van der Waals surface area (Å²) in [5.74, 6) is 0. The van der Waals surface area contributed by atoms with Crippen LogP contribution in [0.4, 0.5) is 4.79 Å². The zero-order chi connectivity index (χ0) is 13.7. The van der Waals surface area contributed by atoms with Crippen molar-refractivity contribution >= 4 is 6.03 Å². The van der Waals surface area contributed by atoms with Crippen molar-refractivity contribution < 1.29 is 9.53 Å². The highest BCUT2D eigenvalue weighted by atomic mass is 16.5. The van der Waals surface area contributed by atoms with Crippen molar-refractivity contribution in [3.05, 3.63) is 17.5 Å². The molecule has 1 saturated heterocycles. The Labute approximate surface area is 113 Å². The van der Waals surface area contributed by atoms with Crippen molar-refractivity contribution in [2.45, 2.75) is 32.8 Å². The zero-order valence-corrected chi connectivity index (χ0v) is 11.6. The third-order valence-corrected chi connectivity index (χ3v) is 3.36. The van der Waals surface area contributed by atoms with Crippen LogP contribution in [-0.2, 0) is 11.2 Å². The number of aryl methyl sites for hydroxylation is 2. The lowest BCUT2D eigenvalue weighted by molar-refractivity contribution is -0.00344. The summed E-state index contributed by atoms with van der Waals surface area (Å²) < 4.78 is 5.41. The second-order valence-electron chi connectivity index (χ2n) is 4.98. The molecule has 2 rings (SSSR count). The first kappa shape index (κ1) is 13.9. The summed E-state index contributed by atoms with van der Waals surface area (Å²) in [6.07, 6.45) is 3.84. The van der Waals surface area contributed by atoms with Crippen LogP contribution in [0.5, 0.6) is 0 Å². The lowest BCUT2D eigenvalue weighted by atomic mass is 10.1. The minimum atomic E-state index is 0.0130. The fourth-order valence-electron chi connectivity index (χ4n) is 2.22. The topological polar surface area (TPSA) is 70.2 Å². The largest absolute Gasteiger partial charge is 0.375 e. The maximum Gasteiger partial charge on any atom is 0.317 e. The van der Waals surface area contributed by atoms with E-state index in [4.69, 9.17) is 4.74 Å². The number of hydrogen-bond donors (Lipinski definition) is 2. The lowest BCUT2D eigenvalue weighted by Crippen LogP contribution is -2.49. The van der Waals surface area contributed by atoms with Gasteiger partial charge in [-0.25, -0.2) is 4.79 Å². The van der Waals surface area contributed by atoms with E-state index in [0.717, 1.165) is 18.5 Å². The summed E-state index contributed by atoms with van der Waals surface area (Å²) >= 11 is 0. The lowest BCUT2D eigenvalue weighted by Gasteiger charge is -2.31. The third-order valence-electron chi connectivity index (χ3n) is 3.36. The number of urea groups is 1. The van der Waals surface area contributed by atoms with Crippen molar-refractivity contribution in [3.63, 3.8) is 0 Å². The van der Waals surface area contributed by atoms with Crippen LogP contribution < -0.4 is 5.32 Å². The summed E-state index contributed by atoms with van der Waals surface area (Å²) in [6.45, 7) is 6.67. The average Bonchev–Trinajstić information content (AvgIpc) is 2.80. The number of morpholine rings is 1. The van der Waals surface area contributed by atoms with Gasteiger partial charge in [0.2, 0.25) is 0 Å². The number of H-pyrrole nitrogens is 1. The Bertz CT molecular complexity index is 419. The van der Waals surface area contributed by atoms with Gasteiger partial charge in [-0.15, -0.1) is 0 Å². The molecule has 0 saturated carbocycles. The van der Waals surface area contributed by atoms with E-state index >= 15 is 0 Å². The summed E-state index contributed by atoms with van der Waals surface area (Å²) in [4.78, 5) is 13.7. The van der Waals surface area contributed by atoms with E-state index < -0.39 is 0 Å². The fourth-order valence-corrected chi connectivity index (χ4v) is 2.22. The number of amides is 2. The molecule has 0 radical (unpaired) electrons. The molecule has 19 heavy (non-hydrogen) atoms. The van der Waals surface area contributed by atoms with E-state index in [1.807, 2.05) is 24.9 Å². The Balaban J connectivity index is 1.65. The number of aromatic nitrogens is 2.